The van der Waals surface area contributed by atoms with Gasteiger partial charge in [-0.3, -0.25) is 4.79 Å². The molecule has 0 spiro atoms. The lowest BCUT2D eigenvalue weighted by atomic mass is 9.84. The Balaban J connectivity index is 1.65. The Morgan fingerprint density at radius 1 is 1.21 bits per heavy atom. The van der Waals surface area contributed by atoms with E-state index in [0.717, 1.165) is 24.0 Å². The van der Waals surface area contributed by atoms with Gasteiger partial charge >= 0.3 is 0 Å². The molecule has 2 atom stereocenters. The maximum Gasteiger partial charge on any atom is 0.251 e. The third-order valence-corrected chi connectivity index (χ3v) is 4.44. The summed E-state index contributed by atoms with van der Waals surface area (Å²) in [6, 6.07) is 9.35. The first kappa shape index (κ1) is 12.7. The molecule has 1 aromatic carbocycles. The van der Waals surface area contributed by atoms with Crippen molar-refractivity contribution < 1.29 is 4.79 Å². The van der Waals surface area contributed by atoms with Crippen LogP contribution in [0.15, 0.2) is 24.3 Å². The Labute approximate surface area is 114 Å². The van der Waals surface area contributed by atoms with Crippen molar-refractivity contribution in [3.63, 3.8) is 0 Å². The Hall–Kier alpha value is -1.35. The van der Waals surface area contributed by atoms with Crippen LogP contribution in [-0.2, 0) is 0 Å². The summed E-state index contributed by atoms with van der Waals surface area (Å²) >= 11 is 0. The molecule has 0 aromatic heterocycles. The SMILES string of the molecule is Cc1ccccc1C(=O)NC1CC2CCCC(C1)N2. The van der Waals surface area contributed by atoms with Gasteiger partial charge in [0.1, 0.15) is 0 Å². The molecule has 2 N–H and O–H groups in total. The first-order chi connectivity index (χ1) is 9.22. The van der Waals surface area contributed by atoms with Crippen LogP contribution < -0.4 is 10.6 Å². The van der Waals surface area contributed by atoms with Crippen molar-refractivity contribution in [2.24, 2.45) is 0 Å². The minimum absolute atomic E-state index is 0.0862. The minimum atomic E-state index is 0.0862. The molecule has 3 nitrogen and oxygen atoms in total. The average Bonchev–Trinajstić information content (AvgIpc) is 2.38. The van der Waals surface area contributed by atoms with Crippen molar-refractivity contribution in [2.45, 2.75) is 57.2 Å². The van der Waals surface area contributed by atoms with E-state index in [2.05, 4.69) is 10.6 Å². The normalized spacial score (nSPS) is 29.8. The van der Waals surface area contributed by atoms with Crippen molar-refractivity contribution in [3.05, 3.63) is 35.4 Å². The van der Waals surface area contributed by atoms with Crippen LogP contribution in [0.5, 0.6) is 0 Å². The number of piperidine rings is 2. The summed E-state index contributed by atoms with van der Waals surface area (Å²) in [5.74, 6) is 0.0862. The van der Waals surface area contributed by atoms with Crippen LogP contribution in [-0.4, -0.2) is 24.0 Å². The lowest BCUT2D eigenvalue weighted by Crippen LogP contribution is -2.54. The second-order valence-electron chi connectivity index (χ2n) is 5.95. The lowest BCUT2D eigenvalue weighted by molar-refractivity contribution is 0.0906. The smallest absolute Gasteiger partial charge is 0.251 e. The molecule has 2 heterocycles. The van der Waals surface area contributed by atoms with Crippen molar-refractivity contribution in [1.29, 1.82) is 0 Å². The topological polar surface area (TPSA) is 41.1 Å². The fraction of sp³-hybridized carbons (Fsp3) is 0.562. The third kappa shape index (κ3) is 2.81. The lowest BCUT2D eigenvalue weighted by Gasteiger charge is -2.40. The Kier molecular flexibility index (Phi) is 3.56. The van der Waals surface area contributed by atoms with E-state index in [1.165, 1.54) is 19.3 Å². The maximum absolute atomic E-state index is 12.3. The summed E-state index contributed by atoms with van der Waals surface area (Å²) in [5.41, 5.74) is 1.86. The maximum atomic E-state index is 12.3. The first-order valence-electron chi connectivity index (χ1n) is 7.35. The summed E-state index contributed by atoms with van der Waals surface area (Å²) < 4.78 is 0. The van der Waals surface area contributed by atoms with Crippen LogP contribution in [0.25, 0.3) is 0 Å². The van der Waals surface area contributed by atoms with Crippen LogP contribution in [0, 0.1) is 6.92 Å². The van der Waals surface area contributed by atoms with E-state index >= 15 is 0 Å². The first-order valence-corrected chi connectivity index (χ1v) is 7.35. The Morgan fingerprint density at radius 3 is 2.58 bits per heavy atom. The van der Waals surface area contributed by atoms with Gasteiger partial charge in [-0.05, 0) is 44.2 Å². The molecular formula is C16H22N2O. The van der Waals surface area contributed by atoms with E-state index in [-0.39, 0.29) is 5.91 Å². The summed E-state index contributed by atoms with van der Waals surface area (Å²) in [5, 5.41) is 6.88. The van der Waals surface area contributed by atoms with E-state index in [9.17, 15) is 4.79 Å². The van der Waals surface area contributed by atoms with Crippen molar-refractivity contribution in [2.75, 3.05) is 0 Å². The van der Waals surface area contributed by atoms with E-state index in [1.54, 1.807) is 0 Å². The van der Waals surface area contributed by atoms with Crippen molar-refractivity contribution in [3.8, 4) is 0 Å². The van der Waals surface area contributed by atoms with E-state index in [0.29, 0.717) is 18.1 Å². The molecule has 2 fully saturated rings. The molecule has 3 heteroatoms. The third-order valence-electron chi connectivity index (χ3n) is 4.44. The highest BCUT2D eigenvalue weighted by Crippen LogP contribution is 2.26. The second-order valence-corrected chi connectivity index (χ2v) is 5.95. The van der Waals surface area contributed by atoms with Crippen LogP contribution in [0.2, 0.25) is 0 Å². The Morgan fingerprint density at radius 2 is 1.89 bits per heavy atom. The van der Waals surface area contributed by atoms with Gasteiger partial charge in [-0.25, -0.2) is 0 Å². The van der Waals surface area contributed by atoms with Crippen LogP contribution in [0.4, 0.5) is 0 Å². The predicted molar refractivity (Wildman–Crippen MR) is 76.2 cm³/mol. The molecule has 3 rings (SSSR count). The van der Waals surface area contributed by atoms with Gasteiger partial charge in [-0.1, -0.05) is 24.6 Å². The van der Waals surface area contributed by atoms with Gasteiger partial charge in [0.05, 0.1) is 0 Å². The van der Waals surface area contributed by atoms with Gasteiger partial charge in [0.25, 0.3) is 5.91 Å². The molecule has 2 unspecified atom stereocenters. The van der Waals surface area contributed by atoms with Crippen LogP contribution in [0.3, 0.4) is 0 Å². The monoisotopic (exact) mass is 258 g/mol. The molecule has 2 aliphatic heterocycles. The number of benzene rings is 1. The highest BCUT2D eigenvalue weighted by Gasteiger charge is 2.31. The molecule has 2 bridgehead atoms. The summed E-state index contributed by atoms with van der Waals surface area (Å²) in [6.07, 6.45) is 6.00. The number of aryl methyl sites for hydroxylation is 1. The average molecular weight is 258 g/mol. The fourth-order valence-electron chi connectivity index (χ4n) is 3.47. The largest absolute Gasteiger partial charge is 0.349 e. The predicted octanol–water partition coefficient (Wildman–Crippen LogP) is 2.40. The van der Waals surface area contributed by atoms with Crippen LogP contribution >= 0.6 is 0 Å². The number of hydrogen-bond donors (Lipinski definition) is 2. The number of hydrogen-bond acceptors (Lipinski definition) is 2. The molecule has 2 aliphatic rings. The zero-order valence-corrected chi connectivity index (χ0v) is 11.5. The molecular weight excluding hydrogens is 236 g/mol. The van der Waals surface area contributed by atoms with E-state index < -0.39 is 0 Å². The summed E-state index contributed by atoms with van der Waals surface area (Å²) in [4.78, 5) is 12.3. The zero-order chi connectivity index (χ0) is 13.2. The number of carbonyl (C=O) groups excluding carboxylic acids is 1. The quantitative estimate of drug-likeness (QED) is 0.855. The number of nitrogens with one attached hydrogen (secondary N) is 2. The number of amides is 1. The summed E-state index contributed by atoms with van der Waals surface area (Å²) in [6.45, 7) is 1.99. The molecule has 102 valence electrons. The van der Waals surface area contributed by atoms with Gasteiger partial charge in [-0.15, -0.1) is 0 Å². The zero-order valence-electron chi connectivity index (χ0n) is 11.5. The summed E-state index contributed by atoms with van der Waals surface area (Å²) in [7, 11) is 0. The number of carbonyl (C=O) groups is 1. The van der Waals surface area contributed by atoms with Gasteiger partial charge in [0.15, 0.2) is 0 Å². The fourth-order valence-corrected chi connectivity index (χ4v) is 3.47. The molecule has 1 amide bonds. The minimum Gasteiger partial charge on any atom is -0.349 e. The molecule has 19 heavy (non-hydrogen) atoms. The highest BCUT2D eigenvalue weighted by atomic mass is 16.1. The molecule has 0 radical (unpaired) electrons. The van der Waals surface area contributed by atoms with Gasteiger partial charge in [0, 0.05) is 23.7 Å². The number of fused-ring (bicyclic) bond motifs is 2. The van der Waals surface area contributed by atoms with Crippen molar-refractivity contribution in [1.82, 2.24) is 10.6 Å². The highest BCUT2D eigenvalue weighted by molar-refractivity contribution is 5.95. The van der Waals surface area contributed by atoms with Gasteiger partial charge in [-0.2, -0.15) is 0 Å². The van der Waals surface area contributed by atoms with Gasteiger partial charge in [0.2, 0.25) is 0 Å². The Bertz CT molecular complexity index is 460. The molecule has 2 saturated heterocycles. The van der Waals surface area contributed by atoms with Gasteiger partial charge < -0.3 is 10.6 Å². The van der Waals surface area contributed by atoms with Crippen LogP contribution in [0.1, 0.15) is 48.0 Å². The van der Waals surface area contributed by atoms with E-state index in [4.69, 9.17) is 0 Å². The number of rotatable bonds is 2. The van der Waals surface area contributed by atoms with Crippen molar-refractivity contribution >= 4 is 5.91 Å². The molecule has 1 aromatic rings. The van der Waals surface area contributed by atoms with E-state index in [1.807, 2.05) is 31.2 Å². The molecule has 0 saturated carbocycles. The second kappa shape index (κ2) is 5.33. The molecule has 0 aliphatic carbocycles. The standard InChI is InChI=1S/C16H22N2O/c1-11-5-2-3-8-15(11)16(19)18-14-9-12-6-4-7-13(10-14)17-12/h2-3,5,8,12-14,17H,4,6-7,9-10H2,1H3,(H,18,19).